The van der Waals surface area contributed by atoms with Gasteiger partial charge in [-0.3, -0.25) is 4.79 Å². The molecule has 0 amide bonds. The molecule has 1 aliphatic carbocycles. The maximum absolute atomic E-state index is 12.0. The van der Waals surface area contributed by atoms with E-state index in [-0.39, 0.29) is 11.7 Å². The fraction of sp³-hybridized carbons (Fsp3) is 0.429. The largest absolute Gasteiger partial charge is 0.493 e. The molecule has 0 heterocycles. The van der Waals surface area contributed by atoms with Crippen molar-refractivity contribution in [1.82, 2.24) is 0 Å². The van der Waals surface area contributed by atoms with Crippen molar-refractivity contribution < 1.29 is 14.3 Å². The topological polar surface area (TPSA) is 59.3 Å². The van der Waals surface area contributed by atoms with Gasteiger partial charge in [-0.05, 0) is 30.5 Å². The van der Waals surface area contributed by atoms with Gasteiger partial charge in [0.2, 0.25) is 0 Å². The highest BCUT2D eigenvalue weighted by Gasteiger charge is 2.35. The predicted molar refractivity (Wildman–Crippen MR) is 65.6 cm³/mol. The second-order valence-corrected chi connectivity index (χ2v) is 4.35. The molecular formula is C14H15NO3. The molecule has 0 bridgehead atoms. The molecule has 18 heavy (non-hydrogen) atoms. The number of ketones is 1. The third-order valence-electron chi connectivity index (χ3n) is 3.13. The first-order valence-corrected chi connectivity index (χ1v) is 5.86. The first-order valence-electron chi connectivity index (χ1n) is 5.86. The Labute approximate surface area is 106 Å². The first kappa shape index (κ1) is 12.4. The number of hydrogen-bond acceptors (Lipinski definition) is 4. The summed E-state index contributed by atoms with van der Waals surface area (Å²) in [4.78, 5) is 12.0. The molecule has 1 unspecified atom stereocenters. The van der Waals surface area contributed by atoms with Crippen LogP contribution in [0.15, 0.2) is 18.2 Å². The van der Waals surface area contributed by atoms with Crippen molar-refractivity contribution in [2.75, 3.05) is 14.2 Å². The highest BCUT2D eigenvalue weighted by Crippen LogP contribution is 2.37. The fourth-order valence-corrected chi connectivity index (χ4v) is 1.94. The van der Waals surface area contributed by atoms with E-state index >= 15 is 0 Å². The quantitative estimate of drug-likeness (QED) is 0.798. The van der Waals surface area contributed by atoms with Gasteiger partial charge in [-0.15, -0.1) is 0 Å². The van der Waals surface area contributed by atoms with Crippen molar-refractivity contribution in [3.63, 3.8) is 0 Å². The molecule has 94 valence electrons. The molecule has 4 heteroatoms. The third-order valence-corrected chi connectivity index (χ3v) is 3.13. The molecule has 0 aliphatic heterocycles. The predicted octanol–water partition coefficient (Wildman–Crippen LogP) is 2.29. The molecule has 4 nitrogen and oxygen atoms in total. The average molecular weight is 245 g/mol. The Morgan fingerprint density at radius 1 is 1.33 bits per heavy atom. The third kappa shape index (κ3) is 2.30. The molecule has 0 N–H and O–H groups in total. The normalized spacial score (nSPS) is 15.6. The van der Waals surface area contributed by atoms with E-state index in [0.717, 1.165) is 12.8 Å². The summed E-state index contributed by atoms with van der Waals surface area (Å²) in [5.74, 6) is 0.528. The summed E-state index contributed by atoms with van der Waals surface area (Å²) in [5, 5.41) is 9.17. The lowest BCUT2D eigenvalue weighted by atomic mass is 9.93. The molecule has 1 aromatic rings. The van der Waals surface area contributed by atoms with Gasteiger partial charge in [0.25, 0.3) is 0 Å². The number of nitrogens with zero attached hydrogens (tertiary/aromatic N) is 1. The lowest BCUT2D eigenvalue weighted by Gasteiger charge is -2.12. The van der Waals surface area contributed by atoms with E-state index in [0.29, 0.717) is 17.1 Å². The van der Waals surface area contributed by atoms with Gasteiger partial charge >= 0.3 is 0 Å². The van der Waals surface area contributed by atoms with Gasteiger partial charge in [0.1, 0.15) is 5.92 Å². The van der Waals surface area contributed by atoms with Gasteiger partial charge in [0.15, 0.2) is 17.3 Å². The summed E-state index contributed by atoms with van der Waals surface area (Å²) in [5.41, 5.74) is 0.673. The van der Waals surface area contributed by atoms with Gasteiger partial charge in [0, 0.05) is 5.92 Å². The van der Waals surface area contributed by atoms with Crippen LogP contribution in [0.25, 0.3) is 0 Å². The Bertz CT molecular complexity index is 500. The van der Waals surface area contributed by atoms with Crippen molar-refractivity contribution in [3.05, 3.63) is 23.8 Å². The number of rotatable bonds is 5. The van der Waals surface area contributed by atoms with Gasteiger partial charge in [0.05, 0.1) is 20.3 Å². The number of nitriles is 1. The van der Waals surface area contributed by atoms with Crippen LogP contribution >= 0.6 is 0 Å². The molecule has 1 saturated carbocycles. The van der Waals surface area contributed by atoms with Crippen molar-refractivity contribution in [2.24, 2.45) is 5.92 Å². The molecule has 1 aliphatic rings. The molecule has 1 fully saturated rings. The molecule has 0 saturated heterocycles. The minimum absolute atomic E-state index is 0.0183. The van der Waals surface area contributed by atoms with E-state index in [1.54, 1.807) is 25.3 Å². The Kier molecular flexibility index (Phi) is 3.52. The molecule has 1 atom stereocenters. The van der Waals surface area contributed by atoms with Gasteiger partial charge < -0.3 is 9.47 Å². The van der Waals surface area contributed by atoms with Crippen LogP contribution in [0.2, 0.25) is 0 Å². The fourth-order valence-electron chi connectivity index (χ4n) is 1.94. The van der Waals surface area contributed by atoms with Crippen LogP contribution in [-0.2, 0) is 4.79 Å². The summed E-state index contributed by atoms with van der Waals surface area (Å²) in [6, 6.07) is 7.25. The van der Waals surface area contributed by atoms with Crippen LogP contribution in [0, 0.1) is 17.2 Å². The highest BCUT2D eigenvalue weighted by molar-refractivity contribution is 5.92. The van der Waals surface area contributed by atoms with Crippen LogP contribution in [-0.4, -0.2) is 20.0 Å². The highest BCUT2D eigenvalue weighted by atomic mass is 16.5. The van der Waals surface area contributed by atoms with Crippen LogP contribution in [0.5, 0.6) is 11.5 Å². The van der Waals surface area contributed by atoms with Crippen LogP contribution in [0.4, 0.5) is 0 Å². The molecule has 2 rings (SSSR count). The molecule has 0 aromatic heterocycles. The van der Waals surface area contributed by atoms with E-state index in [2.05, 4.69) is 6.07 Å². The van der Waals surface area contributed by atoms with Crippen molar-refractivity contribution in [3.8, 4) is 17.6 Å². The minimum Gasteiger partial charge on any atom is -0.493 e. The lowest BCUT2D eigenvalue weighted by Crippen LogP contribution is -2.12. The first-order chi connectivity index (χ1) is 8.71. The Morgan fingerprint density at radius 2 is 2.00 bits per heavy atom. The lowest BCUT2D eigenvalue weighted by molar-refractivity contribution is -0.120. The molecule has 1 aromatic carbocycles. The number of hydrogen-bond donors (Lipinski definition) is 0. The van der Waals surface area contributed by atoms with Gasteiger partial charge in [-0.1, -0.05) is 6.07 Å². The summed E-state index contributed by atoms with van der Waals surface area (Å²) < 4.78 is 10.3. The maximum atomic E-state index is 12.0. The second-order valence-electron chi connectivity index (χ2n) is 4.35. The summed E-state index contributed by atoms with van der Waals surface area (Å²) >= 11 is 0. The van der Waals surface area contributed by atoms with E-state index in [9.17, 15) is 10.1 Å². The number of carbonyl (C=O) groups is 1. The number of Topliss-reactive ketones (excluding diaryl/α,β-unsaturated/α-hetero) is 1. The number of methoxy groups -OCH3 is 2. The Hall–Kier alpha value is -2.02. The van der Waals surface area contributed by atoms with E-state index in [4.69, 9.17) is 9.47 Å². The molecular weight excluding hydrogens is 230 g/mol. The van der Waals surface area contributed by atoms with Crippen molar-refractivity contribution in [1.29, 1.82) is 5.26 Å². The minimum atomic E-state index is -0.697. The molecule has 0 spiro atoms. The zero-order chi connectivity index (χ0) is 13.1. The van der Waals surface area contributed by atoms with Gasteiger partial charge in [-0.2, -0.15) is 5.26 Å². The average Bonchev–Trinajstić information content (AvgIpc) is 3.23. The zero-order valence-corrected chi connectivity index (χ0v) is 10.5. The van der Waals surface area contributed by atoms with Crippen LogP contribution < -0.4 is 9.47 Å². The monoisotopic (exact) mass is 245 g/mol. The van der Waals surface area contributed by atoms with Crippen LogP contribution in [0.1, 0.15) is 24.3 Å². The van der Waals surface area contributed by atoms with E-state index in [1.165, 1.54) is 7.11 Å². The standard InChI is InChI=1S/C14H15NO3/c1-17-12-6-5-10(7-13(12)18-2)11(8-15)14(16)9-3-4-9/h5-7,9,11H,3-4H2,1-2H3. The van der Waals surface area contributed by atoms with Gasteiger partial charge in [-0.25, -0.2) is 0 Å². The number of carbonyl (C=O) groups excluding carboxylic acids is 1. The van der Waals surface area contributed by atoms with Crippen molar-refractivity contribution >= 4 is 5.78 Å². The zero-order valence-electron chi connectivity index (χ0n) is 10.5. The molecule has 0 radical (unpaired) electrons. The smallest absolute Gasteiger partial charge is 0.161 e. The van der Waals surface area contributed by atoms with E-state index < -0.39 is 5.92 Å². The number of benzene rings is 1. The Balaban J connectivity index is 2.31. The maximum Gasteiger partial charge on any atom is 0.161 e. The second kappa shape index (κ2) is 5.09. The SMILES string of the molecule is COc1ccc(C(C#N)C(=O)C2CC2)cc1OC. The van der Waals surface area contributed by atoms with E-state index in [1.807, 2.05) is 0 Å². The van der Waals surface area contributed by atoms with Crippen molar-refractivity contribution in [2.45, 2.75) is 18.8 Å². The van der Waals surface area contributed by atoms with Crippen LogP contribution in [0.3, 0.4) is 0 Å². The summed E-state index contributed by atoms with van der Waals surface area (Å²) in [6.07, 6.45) is 1.81. The Morgan fingerprint density at radius 3 is 2.50 bits per heavy atom. The number of ether oxygens (including phenoxy) is 2. The summed E-state index contributed by atoms with van der Waals surface area (Å²) in [6.45, 7) is 0. The summed E-state index contributed by atoms with van der Waals surface area (Å²) in [7, 11) is 3.08.